The average Bonchev–Trinajstić information content (AvgIpc) is 2.27. The third-order valence-electron chi connectivity index (χ3n) is 2.54. The van der Waals surface area contributed by atoms with Crippen LogP contribution in [0.4, 0.5) is 0 Å². The monoisotopic (exact) mass is 245 g/mol. The van der Waals surface area contributed by atoms with Crippen LogP contribution in [0, 0.1) is 0 Å². The Kier molecular flexibility index (Phi) is 5.65. The van der Waals surface area contributed by atoms with Gasteiger partial charge in [-0.25, -0.2) is 0 Å². The van der Waals surface area contributed by atoms with Crippen LogP contribution < -0.4 is 11.1 Å². The Morgan fingerprint density at radius 1 is 1.69 bits per heavy atom. The van der Waals surface area contributed by atoms with Crippen LogP contribution in [0.1, 0.15) is 13.3 Å². The summed E-state index contributed by atoms with van der Waals surface area (Å²) in [6, 6.07) is -0.206. The summed E-state index contributed by atoms with van der Waals surface area (Å²) in [5, 5.41) is 2.81. The molecule has 0 spiro atoms. The highest BCUT2D eigenvalue weighted by Crippen LogP contribution is 2.07. The molecule has 5 nitrogen and oxygen atoms in total. The zero-order chi connectivity index (χ0) is 12.0. The summed E-state index contributed by atoms with van der Waals surface area (Å²) in [5.41, 5.74) is 5.46. The molecule has 0 aliphatic carbocycles. The van der Waals surface area contributed by atoms with Gasteiger partial charge >= 0.3 is 0 Å². The zero-order valence-electron chi connectivity index (χ0n) is 9.57. The third kappa shape index (κ3) is 4.03. The Labute approximate surface area is 101 Å². The molecule has 1 aliphatic heterocycles. The average molecular weight is 245 g/mol. The molecule has 16 heavy (non-hydrogen) atoms. The van der Waals surface area contributed by atoms with Crippen molar-refractivity contribution in [1.29, 1.82) is 0 Å². The van der Waals surface area contributed by atoms with Gasteiger partial charge in [-0.15, -0.1) is 0 Å². The number of morpholine rings is 1. The number of hydrogen-bond acceptors (Lipinski definition) is 4. The predicted molar refractivity (Wildman–Crippen MR) is 66.3 cm³/mol. The van der Waals surface area contributed by atoms with Crippen molar-refractivity contribution in [2.24, 2.45) is 5.73 Å². The van der Waals surface area contributed by atoms with Gasteiger partial charge in [-0.1, -0.05) is 12.2 Å². The van der Waals surface area contributed by atoms with E-state index in [1.165, 1.54) is 0 Å². The van der Waals surface area contributed by atoms with Crippen molar-refractivity contribution >= 4 is 23.1 Å². The van der Waals surface area contributed by atoms with E-state index in [9.17, 15) is 4.79 Å². The molecule has 1 saturated heterocycles. The van der Waals surface area contributed by atoms with Gasteiger partial charge in [-0.3, -0.25) is 9.69 Å². The zero-order valence-corrected chi connectivity index (χ0v) is 10.4. The van der Waals surface area contributed by atoms with Crippen molar-refractivity contribution in [3.8, 4) is 0 Å². The minimum atomic E-state index is -0.206. The first kappa shape index (κ1) is 13.3. The van der Waals surface area contributed by atoms with Gasteiger partial charge in [0.05, 0.1) is 18.2 Å². The van der Waals surface area contributed by atoms with Gasteiger partial charge in [0.15, 0.2) is 0 Å². The fraction of sp³-hybridized carbons (Fsp3) is 0.800. The SMILES string of the molecule is CCNC(=O)C1COCCN1CCC(N)=S. The summed E-state index contributed by atoms with van der Waals surface area (Å²) in [5.74, 6) is 0.0186. The molecule has 1 aliphatic rings. The van der Waals surface area contributed by atoms with Gasteiger partial charge in [0.25, 0.3) is 0 Å². The molecule has 92 valence electrons. The lowest BCUT2D eigenvalue weighted by Crippen LogP contribution is -2.54. The highest BCUT2D eigenvalue weighted by molar-refractivity contribution is 7.80. The minimum absolute atomic E-state index is 0.0186. The van der Waals surface area contributed by atoms with Gasteiger partial charge in [-0.2, -0.15) is 0 Å². The molecule has 1 heterocycles. The van der Waals surface area contributed by atoms with E-state index < -0.39 is 0 Å². The lowest BCUT2D eigenvalue weighted by Gasteiger charge is -2.34. The number of likely N-dealkylation sites (N-methyl/N-ethyl adjacent to an activating group) is 1. The van der Waals surface area contributed by atoms with Crippen LogP contribution in [0.15, 0.2) is 0 Å². The van der Waals surface area contributed by atoms with Crippen molar-refractivity contribution in [2.75, 3.05) is 32.8 Å². The van der Waals surface area contributed by atoms with E-state index >= 15 is 0 Å². The molecular weight excluding hydrogens is 226 g/mol. The molecule has 1 unspecified atom stereocenters. The van der Waals surface area contributed by atoms with Crippen LogP contribution in [-0.4, -0.2) is 54.7 Å². The number of nitrogens with zero attached hydrogens (tertiary/aromatic N) is 1. The first-order chi connectivity index (χ1) is 7.65. The molecule has 0 bridgehead atoms. The second-order valence-corrected chi connectivity index (χ2v) is 4.26. The van der Waals surface area contributed by atoms with E-state index in [4.69, 9.17) is 22.7 Å². The van der Waals surface area contributed by atoms with Crippen molar-refractivity contribution in [3.63, 3.8) is 0 Å². The molecule has 0 aromatic rings. The topological polar surface area (TPSA) is 67.6 Å². The predicted octanol–water partition coefficient (Wildman–Crippen LogP) is -0.500. The summed E-state index contributed by atoms with van der Waals surface area (Å²) in [7, 11) is 0. The van der Waals surface area contributed by atoms with Gasteiger partial charge in [0, 0.05) is 26.1 Å². The standard InChI is InChI=1S/C10H19N3O2S/c1-2-12-10(14)8-7-15-6-5-13(8)4-3-9(11)16/h8H,2-7H2,1H3,(H2,11,16)(H,12,14). The van der Waals surface area contributed by atoms with E-state index in [0.29, 0.717) is 31.2 Å². The Morgan fingerprint density at radius 2 is 2.44 bits per heavy atom. The smallest absolute Gasteiger partial charge is 0.239 e. The summed E-state index contributed by atoms with van der Waals surface area (Å²) < 4.78 is 5.32. The number of hydrogen-bond donors (Lipinski definition) is 2. The van der Waals surface area contributed by atoms with Gasteiger partial charge < -0.3 is 15.8 Å². The molecular formula is C10H19N3O2S. The number of amides is 1. The number of nitrogens with one attached hydrogen (secondary N) is 1. The number of thiocarbonyl (C=S) groups is 1. The molecule has 1 atom stereocenters. The second kappa shape index (κ2) is 6.78. The first-order valence-electron chi connectivity index (χ1n) is 5.53. The van der Waals surface area contributed by atoms with E-state index in [2.05, 4.69) is 10.2 Å². The highest BCUT2D eigenvalue weighted by atomic mass is 32.1. The van der Waals surface area contributed by atoms with E-state index in [-0.39, 0.29) is 11.9 Å². The molecule has 3 N–H and O–H groups in total. The highest BCUT2D eigenvalue weighted by Gasteiger charge is 2.28. The normalized spacial score (nSPS) is 21.7. The quantitative estimate of drug-likeness (QED) is 0.639. The summed E-state index contributed by atoms with van der Waals surface area (Å²) in [6.07, 6.45) is 0.644. The van der Waals surface area contributed by atoms with Crippen molar-refractivity contribution in [2.45, 2.75) is 19.4 Å². The fourth-order valence-electron chi connectivity index (χ4n) is 1.69. The first-order valence-corrected chi connectivity index (χ1v) is 5.93. The van der Waals surface area contributed by atoms with E-state index in [0.717, 1.165) is 13.1 Å². The molecule has 1 fully saturated rings. The maximum absolute atomic E-state index is 11.8. The number of carbonyl (C=O) groups excluding carboxylic acids is 1. The summed E-state index contributed by atoms with van der Waals surface area (Å²) in [6.45, 7) is 5.13. The Balaban J connectivity index is 2.49. The van der Waals surface area contributed by atoms with E-state index in [1.54, 1.807) is 0 Å². The van der Waals surface area contributed by atoms with Crippen LogP contribution in [-0.2, 0) is 9.53 Å². The Morgan fingerprint density at radius 3 is 3.06 bits per heavy atom. The summed E-state index contributed by atoms with van der Waals surface area (Å²) >= 11 is 4.84. The minimum Gasteiger partial charge on any atom is -0.393 e. The summed E-state index contributed by atoms with van der Waals surface area (Å²) in [4.78, 5) is 14.3. The van der Waals surface area contributed by atoms with Gasteiger partial charge in [0.1, 0.15) is 6.04 Å². The second-order valence-electron chi connectivity index (χ2n) is 3.74. The van der Waals surface area contributed by atoms with Crippen molar-refractivity contribution in [3.05, 3.63) is 0 Å². The molecule has 0 aromatic heterocycles. The van der Waals surface area contributed by atoms with Crippen LogP contribution >= 0.6 is 12.2 Å². The Bertz CT molecular complexity index is 260. The molecule has 0 aromatic carbocycles. The molecule has 6 heteroatoms. The maximum atomic E-state index is 11.8. The lowest BCUT2D eigenvalue weighted by molar-refractivity contribution is -0.132. The molecule has 0 saturated carbocycles. The number of carbonyl (C=O) groups is 1. The van der Waals surface area contributed by atoms with Crippen LogP contribution in [0.5, 0.6) is 0 Å². The van der Waals surface area contributed by atoms with Crippen LogP contribution in [0.2, 0.25) is 0 Å². The third-order valence-corrected chi connectivity index (χ3v) is 2.74. The van der Waals surface area contributed by atoms with Gasteiger partial charge in [0.2, 0.25) is 5.91 Å². The largest absolute Gasteiger partial charge is 0.393 e. The lowest BCUT2D eigenvalue weighted by atomic mass is 10.2. The molecule has 1 amide bonds. The number of nitrogens with two attached hydrogens (primary N) is 1. The van der Waals surface area contributed by atoms with Gasteiger partial charge in [-0.05, 0) is 6.92 Å². The Hall–Kier alpha value is -0.720. The van der Waals surface area contributed by atoms with Crippen molar-refractivity contribution < 1.29 is 9.53 Å². The van der Waals surface area contributed by atoms with Crippen molar-refractivity contribution in [1.82, 2.24) is 10.2 Å². The van der Waals surface area contributed by atoms with Crippen LogP contribution in [0.25, 0.3) is 0 Å². The number of ether oxygens (including phenoxy) is 1. The molecule has 1 rings (SSSR count). The molecule has 0 radical (unpaired) electrons. The number of rotatable bonds is 5. The fourth-order valence-corrected chi connectivity index (χ4v) is 1.78. The van der Waals surface area contributed by atoms with Crippen LogP contribution in [0.3, 0.4) is 0 Å². The maximum Gasteiger partial charge on any atom is 0.239 e. The van der Waals surface area contributed by atoms with E-state index in [1.807, 2.05) is 6.92 Å².